The van der Waals surface area contributed by atoms with Crippen molar-refractivity contribution in [2.24, 2.45) is 5.92 Å². The highest BCUT2D eigenvalue weighted by Gasteiger charge is 2.22. The van der Waals surface area contributed by atoms with Gasteiger partial charge >= 0.3 is 0 Å². The first-order chi connectivity index (χ1) is 14.2. The summed E-state index contributed by atoms with van der Waals surface area (Å²) < 4.78 is 19.8. The van der Waals surface area contributed by atoms with Gasteiger partial charge in [-0.15, -0.1) is 0 Å². The van der Waals surface area contributed by atoms with E-state index in [1.165, 1.54) is 38.2 Å². The Morgan fingerprint density at radius 2 is 2.07 bits per heavy atom. The van der Waals surface area contributed by atoms with Crippen LogP contribution in [0.2, 0.25) is 0 Å². The lowest BCUT2D eigenvalue weighted by Gasteiger charge is -2.26. The van der Waals surface area contributed by atoms with Gasteiger partial charge in [0.25, 0.3) is 0 Å². The minimum absolute atomic E-state index is 0.0350. The van der Waals surface area contributed by atoms with Gasteiger partial charge in [0.05, 0.1) is 12.3 Å². The van der Waals surface area contributed by atoms with Gasteiger partial charge in [-0.1, -0.05) is 6.42 Å². The molecule has 2 fully saturated rings. The Kier molecular flexibility index (Phi) is 6.44. The third-order valence-corrected chi connectivity index (χ3v) is 5.58. The lowest BCUT2D eigenvalue weighted by atomic mass is 10.1. The number of hydrogen-bond acceptors (Lipinski definition) is 4. The average Bonchev–Trinajstić information content (AvgIpc) is 3.44. The van der Waals surface area contributed by atoms with Crippen molar-refractivity contribution in [3.8, 4) is 17.0 Å². The zero-order valence-corrected chi connectivity index (χ0v) is 16.8. The van der Waals surface area contributed by atoms with Crippen LogP contribution in [0.15, 0.2) is 24.3 Å². The standard InChI is InChI=1S/C22H29FN4O2/c23-18-13-17(8-9-20(18)29-15-16-6-7-16)19-14-21(26-25-19)24-22(28)5-4-12-27-10-2-1-3-11-27/h8-9,13-14,16H,1-7,10-12,15H2,(H2,24,25,26,28). The van der Waals surface area contributed by atoms with Gasteiger partial charge in [-0.25, -0.2) is 4.39 Å². The van der Waals surface area contributed by atoms with Gasteiger partial charge in [-0.3, -0.25) is 9.89 Å². The average molecular weight is 400 g/mol. The van der Waals surface area contributed by atoms with Crippen LogP contribution in [0.5, 0.6) is 5.75 Å². The van der Waals surface area contributed by atoms with E-state index in [2.05, 4.69) is 20.4 Å². The number of likely N-dealkylation sites (tertiary alicyclic amines) is 1. The predicted octanol–water partition coefficient (Wildman–Crippen LogP) is 4.21. The number of carbonyl (C=O) groups is 1. The van der Waals surface area contributed by atoms with Crippen molar-refractivity contribution in [1.82, 2.24) is 15.1 Å². The fourth-order valence-electron chi connectivity index (χ4n) is 3.66. The molecule has 7 heteroatoms. The number of halogens is 1. The molecule has 2 aliphatic rings. The predicted molar refractivity (Wildman–Crippen MR) is 110 cm³/mol. The van der Waals surface area contributed by atoms with Crippen LogP contribution >= 0.6 is 0 Å². The van der Waals surface area contributed by atoms with Crippen LogP contribution < -0.4 is 10.1 Å². The second-order valence-corrected chi connectivity index (χ2v) is 8.12. The van der Waals surface area contributed by atoms with Crippen molar-refractivity contribution in [3.05, 3.63) is 30.1 Å². The van der Waals surface area contributed by atoms with Crippen molar-refractivity contribution in [1.29, 1.82) is 0 Å². The quantitative estimate of drug-likeness (QED) is 0.662. The molecule has 0 bridgehead atoms. The zero-order chi connectivity index (χ0) is 20.1. The molecule has 1 aliphatic carbocycles. The number of aromatic nitrogens is 2. The summed E-state index contributed by atoms with van der Waals surface area (Å²) >= 11 is 0. The van der Waals surface area contributed by atoms with E-state index in [9.17, 15) is 9.18 Å². The Morgan fingerprint density at radius 3 is 2.83 bits per heavy atom. The molecule has 1 aliphatic heterocycles. The molecule has 1 saturated carbocycles. The molecule has 1 saturated heterocycles. The van der Waals surface area contributed by atoms with E-state index >= 15 is 0 Å². The number of carbonyl (C=O) groups excluding carboxylic acids is 1. The number of H-pyrrole nitrogens is 1. The number of amides is 1. The molecule has 29 heavy (non-hydrogen) atoms. The first-order valence-corrected chi connectivity index (χ1v) is 10.7. The largest absolute Gasteiger partial charge is 0.490 e. The number of anilines is 1. The highest BCUT2D eigenvalue weighted by atomic mass is 19.1. The first kappa shape index (κ1) is 19.9. The summed E-state index contributed by atoms with van der Waals surface area (Å²) in [5.74, 6) is 0.948. The summed E-state index contributed by atoms with van der Waals surface area (Å²) in [5, 5.41) is 9.85. The van der Waals surface area contributed by atoms with Crippen molar-refractivity contribution in [2.45, 2.75) is 44.9 Å². The van der Waals surface area contributed by atoms with Crippen LogP contribution in [0.1, 0.15) is 44.9 Å². The highest BCUT2D eigenvalue weighted by molar-refractivity contribution is 5.90. The van der Waals surface area contributed by atoms with Crippen LogP contribution in [-0.2, 0) is 4.79 Å². The van der Waals surface area contributed by atoms with Gasteiger partial charge in [-0.05, 0) is 75.9 Å². The number of benzene rings is 1. The number of rotatable bonds is 9. The van der Waals surface area contributed by atoms with Crippen LogP contribution in [0.3, 0.4) is 0 Å². The van der Waals surface area contributed by atoms with E-state index < -0.39 is 5.82 Å². The van der Waals surface area contributed by atoms with Crippen LogP contribution in [-0.4, -0.2) is 47.2 Å². The molecule has 2 heterocycles. The third-order valence-electron chi connectivity index (χ3n) is 5.58. The lowest BCUT2D eigenvalue weighted by molar-refractivity contribution is -0.116. The molecule has 6 nitrogen and oxygen atoms in total. The summed E-state index contributed by atoms with van der Waals surface area (Å²) in [7, 11) is 0. The summed E-state index contributed by atoms with van der Waals surface area (Å²) in [6.07, 6.45) is 7.50. The van der Waals surface area contributed by atoms with Gasteiger partial charge in [0.1, 0.15) is 5.82 Å². The molecular formula is C22H29FN4O2. The number of aromatic amines is 1. The summed E-state index contributed by atoms with van der Waals surface area (Å²) in [6.45, 7) is 3.84. The molecule has 1 aromatic heterocycles. The Labute approximate surface area is 170 Å². The highest BCUT2D eigenvalue weighted by Crippen LogP contribution is 2.31. The fourth-order valence-corrected chi connectivity index (χ4v) is 3.66. The SMILES string of the molecule is O=C(CCCN1CCCCC1)Nc1cc(-c2ccc(OCC3CC3)c(F)c2)n[nH]1. The minimum Gasteiger partial charge on any atom is -0.490 e. The van der Waals surface area contributed by atoms with E-state index in [0.29, 0.717) is 36.0 Å². The van der Waals surface area contributed by atoms with E-state index in [0.717, 1.165) is 26.1 Å². The zero-order valence-electron chi connectivity index (χ0n) is 16.8. The molecule has 156 valence electrons. The monoisotopic (exact) mass is 400 g/mol. The maximum absolute atomic E-state index is 14.3. The van der Waals surface area contributed by atoms with Crippen LogP contribution in [0.25, 0.3) is 11.3 Å². The minimum atomic E-state index is -0.394. The molecule has 0 radical (unpaired) electrons. The molecule has 0 unspecified atom stereocenters. The van der Waals surface area contributed by atoms with E-state index in [1.54, 1.807) is 18.2 Å². The summed E-state index contributed by atoms with van der Waals surface area (Å²) in [6, 6.07) is 6.57. The van der Waals surface area contributed by atoms with Crippen molar-refractivity contribution in [2.75, 3.05) is 31.6 Å². The smallest absolute Gasteiger partial charge is 0.225 e. The van der Waals surface area contributed by atoms with E-state index in [1.807, 2.05) is 0 Å². The lowest BCUT2D eigenvalue weighted by Crippen LogP contribution is -2.31. The normalized spacial score (nSPS) is 17.3. The molecule has 0 spiro atoms. The molecule has 4 rings (SSSR count). The van der Waals surface area contributed by atoms with Gasteiger partial charge in [0.15, 0.2) is 11.6 Å². The first-order valence-electron chi connectivity index (χ1n) is 10.7. The number of nitrogens with zero attached hydrogens (tertiary/aromatic N) is 2. The summed E-state index contributed by atoms with van der Waals surface area (Å²) in [5.41, 5.74) is 1.23. The fraction of sp³-hybridized carbons (Fsp3) is 0.545. The van der Waals surface area contributed by atoms with Gasteiger partial charge in [-0.2, -0.15) is 5.10 Å². The van der Waals surface area contributed by atoms with E-state index in [-0.39, 0.29) is 11.7 Å². The molecule has 1 aromatic carbocycles. The molecule has 2 N–H and O–H groups in total. The van der Waals surface area contributed by atoms with Crippen molar-refractivity contribution in [3.63, 3.8) is 0 Å². The molecule has 2 aromatic rings. The van der Waals surface area contributed by atoms with Gasteiger partial charge < -0.3 is 15.0 Å². The topological polar surface area (TPSA) is 70.2 Å². The number of hydrogen-bond donors (Lipinski definition) is 2. The van der Waals surface area contributed by atoms with E-state index in [4.69, 9.17) is 4.74 Å². The Balaban J connectivity index is 1.26. The number of piperidine rings is 1. The second kappa shape index (κ2) is 9.39. The maximum atomic E-state index is 14.3. The van der Waals surface area contributed by atoms with Crippen molar-refractivity contribution < 1.29 is 13.9 Å². The summed E-state index contributed by atoms with van der Waals surface area (Å²) in [4.78, 5) is 14.6. The Morgan fingerprint density at radius 1 is 1.24 bits per heavy atom. The van der Waals surface area contributed by atoms with Crippen molar-refractivity contribution >= 4 is 11.7 Å². The molecule has 0 atom stereocenters. The maximum Gasteiger partial charge on any atom is 0.225 e. The molecule has 1 amide bonds. The molecular weight excluding hydrogens is 371 g/mol. The van der Waals surface area contributed by atoms with Crippen LogP contribution in [0.4, 0.5) is 10.2 Å². The van der Waals surface area contributed by atoms with Crippen LogP contribution in [0, 0.1) is 11.7 Å². The van der Waals surface area contributed by atoms with Gasteiger partial charge in [0, 0.05) is 18.1 Å². The Hall–Kier alpha value is -2.41. The number of nitrogens with one attached hydrogen (secondary N) is 2. The third kappa shape index (κ3) is 5.79. The van der Waals surface area contributed by atoms with Gasteiger partial charge in [0.2, 0.25) is 5.91 Å². The number of ether oxygens (including phenoxy) is 1. The second-order valence-electron chi connectivity index (χ2n) is 8.12. The Bertz CT molecular complexity index is 828.